The number of rotatable bonds is 8. The SMILES string of the molecule is CC(C)(C)c1ccc(OCc2cccc(COc3ccc(C(C)(C)C)cc3CN)n2)c(CN)c1. The predicted octanol–water partition coefficient (Wildman–Crippen LogP) is 5.75. The summed E-state index contributed by atoms with van der Waals surface area (Å²) in [4.78, 5) is 4.72. The minimum absolute atomic E-state index is 0.0647. The van der Waals surface area contributed by atoms with Gasteiger partial charge in [0.1, 0.15) is 24.7 Å². The first kappa shape index (κ1) is 25.7. The number of nitrogens with zero attached hydrogens (tertiary/aromatic N) is 1. The van der Waals surface area contributed by atoms with Crippen molar-refractivity contribution in [3.8, 4) is 11.5 Å². The molecule has 34 heavy (non-hydrogen) atoms. The van der Waals surface area contributed by atoms with Crippen molar-refractivity contribution < 1.29 is 9.47 Å². The minimum Gasteiger partial charge on any atom is -0.487 e. The van der Waals surface area contributed by atoms with Gasteiger partial charge in [-0.25, -0.2) is 0 Å². The number of benzene rings is 2. The van der Waals surface area contributed by atoms with Gasteiger partial charge in [-0.2, -0.15) is 0 Å². The van der Waals surface area contributed by atoms with Crippen molar-refractivity contribution in [2.45, 2.75) is 78.7 Å². The molecule has 0 aliphatic heterocycles. The largest absolute Gasteiger partial charge is 0.487 e. The molecule has 0 saturated carbocycles. The summed E-state index contributed by atoms with van der Waals surface area (Å²) in [5.74, 6) is 1.59. The summed E-state index contributed by atoms with van der Waals surface area (Å²) < 4.78 is 12.2. The van der Waals surface area contributed by atoms with E-state index in [0.717, 1.165) is 34.0 Å². The van der Waals surface area contributed by atoms with Crippen LogP contribution in [0.25, 0.3) is 0 Å². The minimum atomic E-state index is 0.0647. The number of ether oxygens (including phenoxy) is 2. The molecule has 2 aromatic carbocycles. The first-order chi connectivity index (χ1) is 16.0. The van der Waals surface area contributed by atoms with Crippen LogP contribution in [0.15, 0.2) is 54.6 Å². The second kappa shape index (κ2) is 10.6. The lowest BCUT2D eigenvalue weighted by atomic mass is 9.86. The maximum absolute atomic E-state index is 6.08. The second-order valence-corrected chi connectivity index (χ2v) is 10.8. The van der Waals surface area contributed by atoms with Gasteiger partial charge in [-0.1, -0.05) is 71.9 Å². The first-order valence-electron chi connectivity index (χ1n) is 11.9. The quantitative estimate of drug-likeness (QED) is 0.446. The lowest BCUT2D eigenvalue weighted by Crippen LogP contribution is -2.13. The van der Waals surface area contributed by atoms with E-state index in [2.05, 4.69) is 65.8 Å². The van der Waals surface area contributed by atoms with Gasteiger partial charge in [0.25, 0.3) is 0 Å². The van der Waals surface area contributed by atoms with E-state index in [1.54, 1.807) is 0 Å². The van der Waals surface area contributed by atoms with Crippen LogP contribution in [0.5, 0.6) is 11.5 Å². The summed E-state index contributed by atoms with van der Waals surface area (Å²) in [5, 5.41) is 0. The van der Waals surface area contributed by atoms with E-state index in [1.165, 1.54) is 11.1 Å². The summed E-state index contributed by atoms with van der Waals surface area (Å²) in [5.41, 5.74) is 18.3. The molecule has 1 aromatic heterocycles. The number of aromatic nitrogens is 1. The Hall–Kier alpha value is -2.89. The fourth-order valence-corrected chi connectivity index (χ4v) is 3.69. The van der Waals surface area contributed by atoms with Crippen LogP contribution in [0.3, 0.4) is 0 Å². The zero-order valence-electron chi connectivity index (χ0n) is 21.4. The molecular formula is C29H39N3O2. The van der Waals surface area contributed by atoms with Crippen LogP contribution in [0, 0.1) is 0 Å². The summed E-state index contributed by atoms with van der Waals surface area (Å²) in [6, 6.07) is 18.4. The Bertz CT molecular complexity index is 1030. The molecule has 0 bridgehead atoms. The molecule has 5 heteroatoms. The second-order valence-electron chi connectivity index (χ2n) is 10.8. The lowest BCUT2D eigenvalue weighted by molar-refractivity contribution is 0.287. The smallest absolute Gasteiger partial charge is 0.130 e. The average molecular weight is 462 g/mol. The van der Waals surface area contributed by atoms with Crippen LogP contribution in [0.4, 0.5) is 0 Å². The Morgan fingerprint density at radius 1 is 0.647 bits per heavy atom. The molecule has 0 amide bonds. The van der Waals surface area contributed by atoms with Crippen LogP contribution in [0.1, 0.15) is 75.2 Å². The van der Waals surface area contributed by atoms with Gasteiger partial charge in [-0.05, 0) is 46.2 Å². The molecule has 0 radical (unpaired) electrons. The molecule has 5 nitrogen and oxygen atoms in total. The Labute approximate surface area is 204 Å². The lowest BCUT2D eigenvalue weighted by Gasteiger charge is -2.21. The molecule has 0 aliphatic rings. The van der Waals surface area contributed by atoms with Gasteiger partial charge in [0, 0.05) is 24.2 Å². The molecule has 0 unspecified atom stereocenters. The van der Waals surface area contributed by atoms with E-state index >= 15 is 0 Å². The van der Waals surface area contributed by atoms with E-state index in [4.69, 9.17) is 25.9 Å². The molecule has 1 heterocycles. The molecule has 3 aromatic rings. The Balaban J connectivity index is 1.67. The molecule has 0 fully saturated rings. The van der Waals surface area contributed by atoms with Gasteiger partial charge < -0.3 is 20.9 Å². The van der Waals surface area contributed by atoms with Gasteiger partial charge in [-0.15, -0.1) is 0 Å². The van der Waals surface area contributed by atoms with Crippen molar-refractivity contribution >= 4 is 0 Å². The molecular weight excluding hydrogens is 422 g/mol. The third-order valence-corrected chi connectivity index (χ3v) is 5.91. The van der Waals surface area contributed by atoms with Gasteiger partial charge in [-0.3, -0.25) is 4.98 Å². The molecule has 0 spiro atoms. The van der Waals surface area contributed by atoms with Crippen LogP contribution in [-0.2, 0) is 37.1 Å². The Morgan fingerprint density at radius 2 is 1.06 bits per heavy atom. The normalized spacial score (nSPS) is 12.0. The van der Waals surface area contributed by atoms with E-state index in [-0.39, 0.29) is 10.8 Å². The van der Waals surface area contributed by atoms with E-state index in [9.17, 15) is 0 Å². The van der Waals surface area contributed by atoms with Crippen molar-refractivity contribution in [1.29, 1.82) is 0 Å². The van der Waals surface area contributed by atoms with Crippen LogP contribution < -0.4 is 20.9 Å². The van der Waals surface area contributed by atoms with Crippen molar-refractivity contribution in [3.05, 3.63) is 88.2 Å². The molecule has 0 saturated heterocycles. The standard InChI is InChI=1S/C29H39N3O2/c1-28(2,3)22-10-12-26(20(14-22)16-30)33-18-24-8-7-9-25(32-24)19-34-27-13-11-23(29(4,5)6)15-21(27)17-31/h7-15H,16-19,30-31H2,1-6H3. The summed E-state index contributed by atoms with van der Waals surface area (Å²) >= 11 is 0. The summed E-state index contributed by atoms with van der Waals surface area (Å²) in [6.45, 7) is 14.7. The predicted molar refractivity (Wildman–Crippen MR) is 139 cm³/mol. The summed E-state index contributed by atoms with van der Waals surface area (Å²) in [6.07, 6.45) is 0. The highest BCUT2D eigenvalue weighted by Crippen LogP contribution is 2.29. The number of hydrogen-bond donors (Lipinski definition) is 2. The highest BCUT2D eigenvalue weighted by molar-refractivity contribution is 5.40. The number of hydrogen-bond acceptors (Lipinski definition) is 5. The highest BCUT2D eigenvalue weighted by Gasteiger charge is 2.17. The Morgan fingerprint density at radius 3 is 1.41 bits per heavy atom. The Kier molecular flexibility index (Phi) is 8.01. The van der Waals surface area contributed by atoms with E-state index in [1.807, 2.05) is 30.3 Å². The van der Waals surface area contributed by atoms with Crippen molar-refractivity contribution in [2.24, 2.45) is 11.5 Å². The number of nitrogens with two attached hydrogens (primary N) is 2. The van der Waals surface area contributed by atoms with E-state index < -0.39 is 0 Å². The molecule has 3 rings (SSSR count). The first-order valence-corrected chi connectivity index (χ1v) is 11.9. The topological polar surface area (TPSA) is 83.4 Å². The van der Waals surface area contributed by atoms with Gasteiger partial charge in [0.15, 0.2) is 0 Å². The van der Waals surface area contributed by atoms with Crippen LogP contribution >= 0.6 is 0 Å². The van der Waals surface area contributed by atoms with Gasteiger partial charge >= 0.3 is 0 Å². The fraction of sp³-hybridized carbons (Fsp3) is 0.414. The third kappa shape index (κ3) is 6.58. The van der Waals surface area contributed by atoms with E-state index in [0.29, 0.717) is 26.3 Å². The van der Waals surface area contributed by atoms with Crippen molar-refractivity contribution in [1.82, 2.24) is 4.98 Å². The number of pyridine rings is 1. The molecule has 0 aliphatic carbocycles. The van der Waals surface area contributed by atoms with Crippen LogP contribution in [0.2, 0.25) is 0 Å². The fourth-order valence-electron chi connectivity index (χ4n) is 3.69. The molecule has 182 valence electrons. The van der Waals surface area contributed by atoms with Gasteiger partial charge in [0.2, 0.25) is 0 Å². The maximum atomic E-state index is 6.08. The molecule has 0 atom stereocenters. The van der Waals surface area contributed by atoms with Crippen molar-refractivity contribution in [2.75, 3.05) is 0 Å². The third-order valence-electron chi connectivity index (χ3n) is 5.91. The van der Waals surface area contributed by atoms with Gasteiger partial charge in [0.05, 0.1) is 11.4 Å². The highest BCUT2D eigenvalue weighted by atomic mass is 16.5. The molecule has 4 N–H and O–H groups in total. The monoisotopic (exact) mass is 461 g/mol. The zero-order valence-corrected chi connectivity index (χ0v) is 21.4. The maximum Gasteiger partial charge on any atom is 0.130 e. The zero-order chi connectivity index (χ0) is 24.9. The van der Waals surface area contributed by atoms with Crippen molar-refractivity contribution in [3.63, 3.8) is 0 Å². The average Bonchev–Trinajstić information content (AvgIpc) is 2.80. The van der Waals surface area contributed by atoms with Crippen LogP contribution in [-0.4, -0.2) is 4.98 Å². The summed E-state index contributed by atoms with van der Waals surface area (Å²) in [7, 11) is 0.